The van der Waals surface area contributed by atoms with Crippen molar-refractivity contribution in [3.05, 3.63) is 65.7 Å². The zero-order chi connectivity index (χ0) is 24.6. The lowest BCUT2D eigenvalue weighted by Gasteiger charge is -2.32. The number of hydrogen-bond donors (Lipinski definition) is 0. The van der Waals surface area contributed by atoms with Crippen LogP contribution in [-0.4, -0.2) is 56.4 Å². The third kappa shape index (κ3) is 5.85. The average Bonchev–Trinajstić information content (AvgIpc) is 3.34. The maximum absolute atomic E-state index is 13.6. The number of rotatable bonds is 10. The number of methoxy groups -OCH3 is 2. The van der Waals surface area contributed by atoms with E-state index in [1.54, 1.807) is 38.5 Å². The van der Waals surface area contributed by atoms with Gasteiger partial charge in [-0.1, -0.05) is 54.8 Å². The predicted octanol–water partition coefficient (Wildman–Crippen LogP) is 5.41. The van der Waals surface area contributed by atoms with Gasteiger partial charge in [0.25, 0.3) is 5.91 Å². The van der Waals surface area contributed by atoms with E-state index in [4.69, 9.17) is 14.0 Å². The second kappa shape index (κ2) is 11.9. The van der Waals surface area contributed by atoms with E-state index in [9.17, 15) is 4.79 Å². The minimum absolute atomic E-state index is 0.0730. The highest BCUT2D eigenvalue weighted by Crippen LogP contribution is 2.35. The first-order valence-electron chi connectivity index (χ1n) is 12.3. The fourth-order valence-corrected chi connectivity index (χ4v) is 4.74. The van der Waals surface area contributed by atoms with Gasteiger partial charge in [0.2, 0.25) is 5.88 Å². The molecule has 2 aromatic carbocycles. The van der Waals surface area contributed by atoms with E-state index >= 15 is 0 Å². The van der Waals surface area contributed by atoms with Crippen LogP contribution in [0.1, 0.15) is 48.0 Å². The molecular formula is C28H35N3O4. The Morgan fingerprint density at radius 1 is 1.03 bits per heavy atom. The second-order valence-corrected chi connectivity index (χ2v) is 9.03. The Morgan fingerprint density at radius 2 is 1.74 bits per heavy atom. The van der Waals surface area contributed by atoms with Crippen molar-refractivity contribution in [3.63, 3.8) is 0 Å². The fraction of sp³-hybridized carbons (Fsp3) is 0.429. The highest BCUT2D eigenvalue weighted by molar-refractivity contribution is 5.94. The van der Waals surface area contributed by atoms with Crippen LogP contribution in [0.2, 0.25) is 0 Å². The van der Waals surface area contributed by atoms with Crippen molar-refractivity contribution in [2.45, 2.75) is 44.7 Å². The van der Waals surface area contributed by atoms with Gasteiger partial charge >= 0.3 is 0 Å². The number of ether oxygens (including phenoxy) is 2. The largest absolute Gasteiger partial charge is 0.497 e. The van der Waals surface area contributed by atoms with Crippen LogP contribution in [0.15, 0.2) is 59.1 Å². The van der Waals surface area contributed by atoms with Gasteiger partial charge in [-0.15, -0.1) is 0 Å². The number of hydrogen-bond acceptors (Lipinski definition) is 6. The lowest BCUT2D eigenvalue weighted by Crippen LogP contribution is -2.36. The summed E-state index contributed by atoms with van der Waals surface area (Å²) in [6.45, 7) is 1.25. The summed E-state index contributed by atoms with van der Waals surface area (Å²) in [6.07, 6.45) is 5.99. The van der Waals surface area contributed by atoms with Crippen LogP contribution in [0.3, 0.4) is 0 Å². The number of amides is 1. The van der Waals surface area contributed by atoms with E-state index in [1.807, 2.05) is 35.2 Å². The summed E-state index contributed by atoms with van der Waals surface area (Å²) >= 11 is 0. The molecule has 0 radical (unpaired) electrons. The van der Waals surface area contributed by atoms with Crippen LogP contribution in [0, 0.1) is 0 Å². The first-order chi connectivity index (χ1) is 17.1. The molecule has 1 aromatic heterocycles. The molecule has 1 saturated carbocycles. The van der Waals surface area contributed by atoms with E-state index < -0.39 is 0 Å². The van der Waals surface area contributed by atoms with Gasteiger partial charge < -0.3 is 23.8 Å². The zero-order valence-corrected chi connectivity index (χ0v) is 20.9. The molecule has 7 heteroatoms. The molecule has 4 rings (SSSR count). The van der Waals surface area contributed by atoms with Crippen LogP contribution in [0.4, 0.5) is 5.88 Å². The molecule has 0 N–H and O–H groups in total. The van der Waals surface area contributed by atoms with Gasteiger partial charge in [0.1, 0.15) is 11.4 Å². The van der Waals surface area contributed by atoms with Crippen molar-refractivity contribution in [1.29, 1.82) is 0 Å². The molecular weight excluding hydrogens is 442 g/mol. The Morgan fingerprint density at radius 3 is 2.40 bits per heavy atom. The maximum atomic E-state index is 13.6. The summed E-state index contributed by atoms with van der Waals surface area (Å²) < 4.78 is 16.6. The molecule has 1 fully saturated rings. The molecule has 0 atom stereocenters. The first-order valence-corrected chi connectivity index (χ1v) is 12.3. The van der Waals surface area contributed by atoms with E-state index in [-0.39, 0.29) is 5.91 Å². The molecule has 3 aromatic rings. The lowest BCUT2D eigenvalue weighted by atomic mass is 9.94. The number of nitrogens with zero attached hydrogens (tertiary/aromatic N) is 3. The highest BCUT2D eigenvalue weighted by atomic mass is 16.5. The molecule has 35 heavy (non-hydrogen) atoms. The van der Waals surface area contributed by atoms with Crippen molar-refractivity contribution < 1.29 is 18.8 Å². The Hall–Kier alpha value is -3.32. The summed E-state index contributed by atoms with van der Waals surface area (Å²) in [6, 6.07) is 17.6. The zero-order valence-electron chi connectivity index (χ0n) is 20.9. The van der Waals surface area contributed by atoms with Crippen molar-refractivity contribution in [2.24, 2.45) is 0 Å². The van der Waals surface area contributed by atoms with Gasteiger partial charge in [0.15, 0.2) is 0 Å². The summed E-state index contributed by atoms with van der Waals surface area (Å²) in [5.41, 5.74) is 3.26. The van der Waals surface area contributed by atoms with Gasteiger partial charge in [-0.3, -0.25) is 4.79 Å². The number of benzene rings is 2. The Bertz CT molecular complexity index is 1080. The topological polar surface area (TPSA) is 68.0 Å². The van der Waals surface area contributed by atoms with Gasteiger partial charge in [-0.05, 0) is 37.1 Å². The average molecular weight is 478 g/mol. The molecule has 1 heterocycles. The highest BCUT2D eigenvalue weighted by Gasteiger charge is 2.29. The molecule has 0 spiro atoms. The van der Waals surface area contributed by atoms with Crippen molar-refractivity contribution >= 4 is 11.8 Å². The Labute approximate surface area is 207 Å². The third-order valence-corrected chi connectivity index (χ3v) is 6.80. The number of aromatic nitrogens is 1. The van der Waals surface area contributed by atoms with Crippen LogP contribution in [-0.2, 0) is 11.3 Å². The summed E-state index contributed by atoms with van der Waals surface area (Å²) in [5, 5.41) is 4.49. The Balaban J connectivity index is 1.69. The number of carbonyl (C=O) groups is 1. The molecule has 0 saturated heterocycles. The standard InChI is InChI=1S/C28H35N3O4/c1-30(23-12-8-5-9-13-23)28-25(26(29-35-28)21-10-6-4-7-11-21)20-31(18-19-33-2)27(32)22-14-16-24(34-3)17-15-22/h4,6-7,10-11,14-17,23H,5,8-9,12-13,18-20H2,1-3H3. The second-order valence-electron chi connectivity index (χ2n) is 9.03. The molecule has 0 aliphatic heterocycles. The smallest absolute Gasteiger partial charge is 0.254 e. The predicted molar refractivity (Wildman–Crippen MR) is 137 cm³/mol. The van der Waals surface area contributed by atoms with E-state index in [2.05, 4.69) is 17.1 Å². The minimum atomic E-state index is -0.0730. The Kier molecular flexibility index (Phi) is 8.42. The normalized spacial score (nSPS) is 14.0. The van der Waals surface area contributed by atoms with Gasteiger partial charge in [0.05, 0.1) is 25.8 Å². The monoisotopic (exact) mass is 477 g/mol. The van der Waals surface area contributed by atoms with Crippen LogP contribution in [0.5, 0.6) is 5.75 Å². The van der Waals surface area contributed by atoms with Gasteiger partial charge in [-0.2, -0.15) is 0 Å². The van der Waals surface area contributed by atoms with Crippen LogP contribution < -0.4 is 9.64 Å². The quantitative estimate of drug-likeness (QED) is 0.389. The van der Waals surface area contributed by atoms with E-state index in [0.717, 1.165) is 35.5 Å². The van der Waals surface area contributed by atoms with Gasteiger partial charge in [-0.25, -0.2) is 0 Å². The van der Waals surface area contributed by atoms with Gasteiger partial charge in [0, 0.05) is 37.9 Å². The lowest BCUT2D eigenvalue weighted by molar-refractivity contribution is 0.0680. The molecule has 1 aliphatic rings. The third-order valence-electron chi connectivity index (χ3n) is 6.80. The summed E-state index contributed by atoms with van der Waals surface area (Å²) in [5.74, 6) is 1.38. The minimum Gasteiger partial charge on any atom is -0.497 e. The van der Waals surface area contributed by atoms with Crippen molar-refractivity contribution in [3.8, 4) is 17.0 Å². The summed E-state index contributed by atoms with van der Waals surface area (Å²) in [7, 11) is 5.34. The summed E-state index contributed by atoms with van der Waals surface area (Å²) in [4.78, 5) is 17.6. The maximum Gasteiger partial charge on any atom is 0.254 e. The van der Waals surface area contributed by atoms with Crippen LogP contribution in [0.25, 0.3) is 11.3 Å². The number of anilines is 1. The molecule has 1 amide bonds. The molecule has 7 nitrogen and oxygen atoms in total. The van der Waals surface area contributed by atoms with Crippen LogP contribution >= 0.6 is 0 Å². The fourth-order valence-electron chi connectivity index (χ4n) is 4.74. The van der Waals surface area contributed by atoms with E-state index in [1.165, 1.54) is 19.3 Å². The first kappa shape index (κ1) is 24.8. The molecule has 0 bridgehead atoms. The molecule has 186 valence electrons. The van der Waals surface area contributed by atoms with Crippen molar-refractivity contribution in [2.75, 3.05) is 39.3 Å². The van der Waals surface area contributed by atoms with E-state index in [0.29, 0.717) is 37.1 Å². The molecule has 0 unspecified atom stereocenters. The molecule has 1 aliphatic carbocycles. The van der Waals surface area contributed by atoms with Crippen molar-refractivity contribution in [1.82, 2.24) is 10.1 Å². The SMILES string of the molecule is COCCN(Cc1c(-c2ccccc2)noc1N(C)C1CCCCC1)C(=O)c1ccc(OC)cc1. The number of carbonyl (C=O) groups excluding carboxylic acids is 1.